The van der Waals surface area contributed by atoms with Gasteiger partial charge in [-0.1, -0.05) is 12.1 Å². The molecule has 1 rings (SSSR count). The zero-order valence-corrected chi connectivity index (χ0v) is 7.16. The van der Waals surface area contributed by atoms with Gasteiger partial charge in [-0.3, -0.25) is 0 Å². The highest BCUT2D eigenvalue weighted by molar-refractivity contribution is 5.87. The van der Waals surface area contributed by atoms with Crippen molar-refractivity contribution >= 4 is 5.97 Å². The first kappa shape index (κ1) is 8.77. The fourth-order valence-electron chi connectivity index (χ4n) is 0.781. The summed E-state index contributed by atoms with van der Waals surface area (Å²) in [5.41, 5.74) is 0.244. The summed E-state index contributed by atoms with van der Waals surface area (Å²) < 4.78 is 9.55. The number of hydrogen-bond acceptors (Lipinski definition) is 4. The fraction of sp³-hybridized carbons (Fsp3) is 0.500. The van der Waals surface area contributed by atoms with Gasteiger partial charge in [0, 0.05) is 12.5 Å². The summed E-state index contributed by atoms with van der Waals surface area (Å²) in [6.07, 6.45) is 0.729. The topological polar surface area (TPSA) is 52.3 Å². The molecule has 0 amide bonds. The van der Waals surface area contributed by atoms with E-state index in [0.29, 0.717) is 12.4 Å². The molecule has 1 aromatic rings. The SMILES string of the molecule is CCOC(=O)c1cc(CC)on1. The first-order valence-electron chi connectivity index (χ1n) is 3.90. The lowest BCUT2D eigenvalue weighted by Crippen LogP contribution is -2.04. The third-order valence-corrected chi connectivity index (χ3v) is 1.39. The number of hydrogen-bond donors (Lipinski definition) is 0. The van der Waals surface area contributed by atoms with Crippen molar-refractivity contribution in [2.45, 2.75) is 20.3 Å². The van der Waals surface area contributed by atoms with Crippen LogP contribution in [0.1, 0.15) is 30.1 Å². The normalized spacial score (nSPS) is 9.83. The Morgan fingerprint density at radius 1 is 1.67 bits per heavy atom. The number of rotatable bonds is 3. The molecule has 0 fully saturated rings. The molecule has 0 saturated carbocycles. The Balaban J connectivity index is 2.68. The van der Waals surface area contributed by atoms with Crippen LogP contribution in [-0.2, 0) is 11.2 Å². The highest BCUT2D eigenvalue weighted by Crippen LogP contribution is 2.05. The van der Waals surface area contributed by atoms with Crippen LogP contribution in [0.25, 0.3) is 0 Å². The molecular formula is C8H11NO3. The third-order valence-electron chi connectivity index (χ3n) is 1.39. The fourth-order valence-corrected chi connectivity index (χ4v) is 0.781. The summed E-state index contributed by atoms with van der Waals surface area (Å²) >= 11 is 0. The molecule has 66 valence electrons. The van der Waals surface area contributed by atoms with Gasteiger partial charge in [0.05, 0.1) is 6.61 Å². The Kier molecular flexibility index (Phi) is 2.85. The number of carbonyl (C=O) groups is 1. The summed E-state index contributed by atoms with van der Waals surface area (Å²) in [4.78, 5) is 11.0. The number of ether oxygens (including phenoxy) is 1. The molecule has 0 aliphatic rings. The van der Waals surface area contributed by atoms with E-state index < -0.39 is 5.97 Å². The van der Waals surface area contributed by atoms with Crippen molar-refractivity contribution in [3.8, 4) is 0 Å². The number of aryl methyl sites for hydroxylation is 1. The molecule has 0 aliphatic heterocycles. The van der Waals surface area contributed by atoms with Gasteiger partial charge >= 0.3 is 5.97 Å². The van der Waals surface area contributed by atoms with E-state index in [1.807, 2.05) is 6.92 Å². The Labute approximate surface area is 70.5 Å². The Morgan fingerprint density at radius 3 is 2.92 bits per heavy atom. The molecular weight excluding hydrogens is 158 g/mol. The van der Waals surface area contributed by atoms with E-state index in [0.717, 1.165) is 6.42 Å². The largest absolute Gasteiger partial charge is 0.461 e. The lowest BCUT2D eigenvalue weighted by Gasteiger charge is -1.94. The van der Waals surface area contributed by atoms with Crippen LogP contribution in [0.15, 0.2) is 10.6 Å². The van der Waals surface area contributed by atoms with E-state index in [-0.39, 0.29) is 5.69 Å². The number of carbonyl (C=O) groups excluding carboxylic acids is 1. The summed E-state index contributed by atoms with van der Waals surface area (Å²) in [5.74, 6) is 0.263. The molecule has 0 radical (unpaired) electrons. The smallest absolute Gasteiger partial charge is 0.360 e. The van der Waals surface area contributed by atoms with Crippen molar-refractivity contribution in [2.75, 3.05) is 6.61 Å². The van der Waals surface area contributed by atoms with Gasteiger partial charge in [0.25, 0.3) is 0 Å². The predicted octanol–water partition coefficient (Wildman–Crippen LogP) is 1.41. The van der Waals surface area contributed by atoms with Crippen LogP contribution in [-0.4, -0.2) is 17.7 Å². The Hall–Kier alpha value is -1.32. The van der Waals surface area contributed by atoms with Crippen molar-refractivity contribution in [3.05, 3.63) is 17.5 Å². The van der Waals surface area contributed by atoms with E-state index in [1.165, 1.54) is 0 Å². The summed E-state index contributed by atoms with van der Waals surface area (Å²) in [6, 6.07) is 1.60. The maximum absolute atomic E-state index is 11.0. The molecule has 1 aromatic heterocycles. The quantitative estimate of drug-likeness (QED) is 0.642. The number of nitrogens with zero attached hydrogens (tertiary/aromatic N) is 1. The van der Waals surface area contributed by atoms with Gasteiger partial charge in [0.2, 0.25) is 0 Å². The van der Waals surface area contributed by atoms with Gasteiger partial charge in [-0.2, -0.15) is 0 Å². The van der Waals surface area contributed by atoms with Crippen LogP contribution in [0, 0.1) is 0 Å². The highest BCUT2D eigenvalue weighted by atomic mass is 16.5. The molecule has 0 atom stereocenters. The molecule has 0 N–H and O–H groups in total. The summed E-state index contributed by atoms with van der Waals surface area (Å²) in [7, 11) is 0. The molecule has 0 unspecified atom stereocenters. The second kappa shape index (κ2) is 3.90. The zero-order valence-electron chi connectivity index (χ0n) is 7.16. The lowest BCUT2D eigenvalue weighted by molar-refractivity contribution is 0.0514. The standard InChI is InChI=1S/C8H11NO3/c1-3-6-5-7(9-12-6)8(10)11-4-2/h5H,3-4H2,1-2H3. The van der Waals surface area contributed by atoms with Crippen LogP contribution in [0.2, 0.25) is 0 Å². The molecule has 0 spiro atoms. The number of esters is 1. The van der Waals surface area contributed by atoms with Crippen molar-refractivity contribution in [1.29, 1.82) is 0 Å². The van der Waals surface area contributed by atoms with Crippen molar-refractivity contribution < 1.29 is 14.1 Å². The maximum atomic E-state index is 11.0. The van der Waals surface area contributed by atoms with Crippen molar-refractivity contribution in [2.24, 2.45) is 0 Å². The Morgan fingerprint density at radius 2 is 2.42 bits per heavy atom. The molecule has 0 bridgehead atoms. The molecule has 1 heterocycles. The average molecular weight is 169 g/mol. The molecule has 4 heteroatoms. The maximum Gasteiger partial charge on any atom is 0.360 e. The van der Waals surface area contributed by atoms with Crippen molar-refractivity contribution in [3.63, 3.8) is 0 Å². The Bertz CT molecular complexity index is 267. The predicted molar refractivity (Wildman–Crippen MR) is 41.8 cm³/mol. The third kappa shape index (κ3) is 1.84. The van der Waals surface area contributed by atoms with Gasteiger partial charge in [0.1, 0.15) is 5.76 Å². The summed E-state index contributed by atoms with van der Waals surface area (Å²) in [5, 5.41) is 3.56. The average Bonchev–Trinajstić information content (AvgIpc) is 2.52. The van der Waals surface area contributed by atoms with Crippen LogP contribution < -0.4 is 0 Å². The molecule has 0 aliphatic carbocycles. The van der Waals surface area contributed by atoms with E-state index in [4.69, 9.17) is 9.26 Å². The second-order valence-electron chi connectivity index (χ2n) is 2.25. The zero-order chi connectivity index (χ0) is 8.97. The lowest BCUT2D eigenvalue weighted by atomic mass is 10.3. The van der Waals surface area contributed by atoms with Crippen molar-refractivity contribution in [1.82, 2.24) is 5.16 Å². The van der Waals surface area contributed by atoms with E-state index in [1.54, 1.807) is 13.0 Å². The molecule has 12 heavy (non-hydrogen) atoms. The van der Waals surface area contributed by atoms with Gasteiger partial charge in [-0.05, 0) is 6.92 Å². The first-order valence-corrected chi connectivity index (χ1v) is 3.90. The minimum atomic E-state index is -0.430. The number of aromatic nitrogens is 1. The molecule has 4 nitrogen and oxygen atoms in total. The van der Waals surface area contributed by atoms with Gasteiger partial charge < -0.3 is 9.26 Å². The van der Waals surface area contributed by atoms with Crippen LogP contribution in [0.3, 0.4) is 0 Å². The minimum absolute atomic E-state index is 0.244. The van der Waals surface area contributed by atoms with Gasteiger partial charge in [-0.15, -0.1) is 0 Å². The first-order chi connectivity index (χ1) is 5.77. The second-order valence-corrected chi connectivity index (χ2v) is 2.25. The summed E-state index contributed by atoms with van der Waals surface area (Å²) in [6.45, 7) is 4.03. The van der Waals surface area contributed by atoms with Gasteiger partial charge in [0.15, 0.2) is 5.69 Å². The highest BCUT2D eigenvalue weighted by Gasteiger charge is 2.11. The monoisotopic (exact) mass is 169 g/mol. The van der Waals surface area contributed by atoms with Gasteiger partial charge in [-0.25, -0.2) is 4.79 Å². The van der Waals surface area contributed by atoms with Crippen LogP contribution >= 0.6 is 0 Å². The minimum Gasteiger partial charge on any atom is -0.461 e. The van der Waals surface area contributed by atoms with E-state index in [9.17, 15) is 4.79 Å². The molecule has 0 aromatic carbocycles. The molecule has 0 saturated heterocycles. The van der Waals surface area contributed by atoms with E-state index in [2.05, 4.69) is 5.16 Å². The van der Waals surface area contributed by atoms with Crippen LogP contribution in [0.5, 0.6) is 0 Å². The van der Waals surface area contributed by atoms with E-state index >= 15 is 0 Å². The van der Waals surface area contributed by atoms with Crippen LogP contribution in [0.4, 0.5) is 0 Å².